The number of carbonyl (C=O) groups is 1. The van der Waals surface area contributed by atoms with Gasteiger partial charge >= 0.3 is 6.18 Å². The summed E-state index contributed by atoms with van der Waals surface area (Å²) in [5, 5.41) is 2.57. The lowest BCUT2D eigenvalue weighted by atomic mass is 10.3. The zero-order valence-corrected chi connectivity index (χ0v) is 14.1. The third-order valence-corrected chi connectivity index (χ3v) is 4.06. The van der Waals surface area contributed by atoms with Crippen LogP contribution >= 0.6 is 0 Å². The molecule has 0 aromatic carbocycles. The van der Waals surface area contributed by atoms with E-state index in [1.165, 1.54) is 27.3 Å². The van der Waals surface area contributed by atoms with Crippen LogP contribution in [0.2, 0.25) is 0 Å². The minimum absolute atomic E-state index is 0.0301. The van der Waals surface area contributed by atoms with Crippen LogP contribution in [0.3, 0.4) is 0 Å². The lowest BCUT2D eigenvalue weighted by molar-refractivity contribution is -0.137. The smallest absolute Gasteiger partial charge is 0.345 e. The summed E-state index contributed by atoms with van der Waals surface area (Å²) in [7, 11) is 0. The van der Waals surface area contributed by atoms with E-state index < -0.39 is 23.2 Å². The average Bonchev–Trinajstić information content (AvgIpc) is 3.07. The maximum absolute atomic E-state index is 12.8. The number of rotatable bonds is 3. The second kappa shape index (κ2) is 6.48. The summed E-state index contributed by atoms with van der Waals surface area (Å²) in [4.78, 5) is 32.6. The molecule has 10 heteroatoms. The zero-order valence-electron chi connectivity index (χ0n) is 14.1. The third-order valence-electron chi connectivity index (χ3n) is 4.06. The first-order valence-corrected chi connectivity index (χ1v) is 8.13. The molecule has 142 valence electrons. The molecule has 4 aromatic heterocycles. The number of imidazole rings is 1. The number of hydrogen-bond acceptors (Lipinski definition) is 4. The monoisotopic (exact) mass is 387 g/mol. The molecule has 1 amide bonds. The minimum Gasteiger partial charge on any atom is -0.345 e. The van der Waals surface area contributed by atoms with Gasteiger partial charge in [-0.25, -0.2) is 9.97 Å². The van der Waals surface area contributed by atoms with Gasteiger partial charge in [0, 0.05) is 24.7 Å². The number of alkyl halides is 3. The van der Waals surface area contributed by atoms with Crippen molar-refractivity contribution in [2.45, 2.75) is 12.7 Å². The summed E-state index contributed by atoms with van der Waals surface area (Å²) in [5.74, 6) is -0.587. The first kappa shape index (κ1) is 17.7. The summed E-state index contributed by atoms with van der Waals surface area (Å²) in [6, 6.07) is 8.26. The molecule has 0 spiro atoms. The van der Waals surface area contributed by atoms with Crippen molar-refractivity contribution in [1.82, 2.24) is 24.1 Å². The summed E-state index contributed by atoms with van der Waals surface area (Å²) < 4.78 is 40.9. The second-order valence-corrected chi connectivity index (χ2v) is 6.00. The number of nitrogens with one attached hydrogen (secondary N) is 1. The number of pyridine rings is 2. The highest BCUT2D eigenvalue weighted by Gasteiger charge is 2.30. The molecule has 0 unspecified atom stereocenters. The van der Waals surface area contributed by atoms with E-state index in [0.717, 1.165) is 18.3 Å². The lowest BCUT2D eigenvalue weighted by Crippen LogP contribution is -2.27. The van der Waals surface area contributed by atoms with Crippen molar-refractivity contribution in [3.8, 4) is 0 Å². The Kier molecular flexibility index (Phi) is 4.10. The van der Waals surface area contributed by atoms with Crippen LogP contribution in [-0.2, 0) is 12.7 Å². The molecular weight excluding hydrogens is 375 g/mol. The van der Waals surface area contributed by atoms with Crippen LogP contribution in [0.1, 0.15) is 21.7 Å². The Morgan fingerprint density at radius 3 is 2.68 bits per heavy atom. The molecule has 0 aliphatic rings. The maximum Gasteiger partial charge on any atom is 0.417 e. The van der Waals surface area contributed by atoms with Crippen molar-refractivity contribution in [3.05, 3.63) is 82.3 Å². The maximum atomic E-state index is 12.8. The molecular formula is C18H12F3N5O2. The van der Waals surface area contributed by atoms with Gasteiger partial charge in [-0.05, 0) is 24.3 Å². The highest BCUT2D eigenvalue weighted by molar-refractivity contribution is 5.92. The van der Waals surface area contributed by atoms with Gasteiger partial charge in [0.1, 0.15) is 17.0 Å². The Morgan fingerprint density at radius 2 is 1.89 bits per heavy atom. The van der Waals surface area contributed by atoms with E-state index in [1.807, 2.05) is 0 Å². The molecule has 28 heavy (non-hydrogen) atoms. The number of aromatic nitrogens is 4. The number of amides is 1. The normalized spacial score (nSPS) is 11.8. The molecule has 0 fully saturated rings. The summed E-state index contributed by atoms with van der Waals surface area (Å²) >= 11 is 0. The van der Waals surface area contributed by atoms with Crippen molar-refractivity contribution in [1.29, 1.82) is 0 Å². The molecule has 4 aromatic rings. The number of carbonyl (C=O) groups excluding carboxylic acids is 1. The molecule has 7 nitrogen and oxygen atoms in total. The van der Waals surface area contributed by atoms with Gasteiger partial charge in [-0.2, -0.15) is 13.2 Å². The van der Waals surface area contributed by atoms with E-state index >= 15 is 0 Å². The lowest BCUT2D eigenvalue weighted by Gasteiger charge is -2.05. The number of hydrogen-bond donors (Lipinski definition) is 1. The minimum atomic E-state index is -4.46. The number of halogens is 3. The van der Waals surface area contributed by atoms with Crippen LogP contribution in [0.5, 0.6) is 0 Å². The van der Waals surface area contributed by atoms with E-state index in [2.05, 4.69) is 15.3 Å². The second-order valence-electron chi connectivity index (χ2n) is 6.00. The van der Waals surface area contributed by atoms with Crippen LogP contribution < -0.4 is 10.9 Å². The molecule has 4 rings (SSSR count). The topological polar surface area (TPSA) is 80.8 Å². The Labute approximate surface area is 155 Å². The van der Waals surface area contributed by atoms with E-state index in [4.69, 9.17) is 0 Å². The molecule has 4 heterocycles. The third kappa shape index (κ3) is 3.31. The first-order chi connectivity index (χ1) is 13.3. The Morgan fingerprint density at radius 1 is 1.07 bits per heavy atom. The van der Waals surface area contributed by atoms with Crippen LogP contribution in [-0.4, -0.2) is 24.7 Å². The number of nitrogens with zero attached hydrogens (tertiary/aromatic N) is 4. The molecule has 0 radical (unpaired) electrons. The van der Waals surface area contributed by atoms with Gasteiger partial charge < -0.3 is 9.72 Å². The molecule has 0 atom stereocenters. The van der Waals surface area contributed by atoms with Crippen LogP contribution in [0, 0.1) is 0 Å². The fraction of sp³-hybridized carbons (Fsp3) is 0.111. The Bertz CT molecular complexity index is 1260. The van der Waals surface area contributed by atoms with E-state index in [9.17, 15) is 22.8 Å². The van der Waals surface area contributed by atoms with Gasteiger partial charge in [0.2, 0.25) is 0 Å². The van der Waals surface area contributed by atoms with Gasteiger partial charge in [0.15, 0.2) is 0 Å². The molecule has 0 saturated heterocycles. The predicted molar refractivity (Wildman–Crippen MR) is 92.8 cm³/mol. The summed E-state index contributed by atoms with van der Waals surface area (Å²) in [6.45, 7) is -0.0301. The molecule has 0 aliphatic carbocycles. The van der Waals surface area contributed by atoms with E-state index in [-0.39, 0.29) is 12.2 Å². The standard InChI is InChI=1S/C18H12F3N5O2/c19-18(20,21)11-4-5-14-23-12(10-25(14)9-11)8-22-17(28)13-7-16(27)26-6-2-1-3-15(26)24-13/h1-7,9-10H,8H2,(H,22,28). The average molecular weight is 387 g/mol. The molecule has 0 saturated carbocycles. The largest absolute Gasteiger partial charge is 0.417 e. The number of fused-ring (bicyclic) bond motifs is 2. The van der Waals surface area contributed by atoms with Gasteiger partial charge in [0.05, 0.1) is 17.8 Å². The van der Waals surface area contributed by atoms with Crippen LogP contribution in [0.25, 0.3) is 11.3 Å². The van der Waals surface area contributed by atoms with Crippen molar-refractivity contribution >= 4 is 17.2 Å². The van der Waals surface area contributed by atoms with Gasteiger partial charge in [-0.15, -0.1) is 0 Å². The summed E-state index contributed by atoms with van der Waals surface area (Å²) in [5.41, 5.74) is -0.242. The van der Waals surface area contributed by atoms with E-state index in [0.29, 0.717) is 17.0 Å². The summed E-state index contributed by atoms with van der Waals surface area (Å²) in [6.07, 6.45) is -0.589. The van der Waals surface area contributed by atoms with Gasteiger partial charge in [-0.3, -0.25) is 14.0 Å². The predicted octanol–water partition coefficient (Wildman–Crippen LogP) is 2.29. The van der Waals surface area contributed by atoms with Gasteiger partial charge in [0.25, 0.3) is 11.5 Å². The first-order valence-electron chi connectivity index (χ1n) is 8.13. The van der Waals surface area contributed by atoms with Crippen molar-refractivity contribution in [2.24, 2.45) is 0 Å². The SMILES string of the molecule is O=C(NCc1cn2cc(C(F)(F)F)ccc2n1)c1cc(=O)n2ccccc2n1. The quantitative estimate of drug-likeness (QED) is 0.585. The fourth-order valence-electron chi connectivity index (χ4n) is 2.73. The zero-order chi connectivity index (χ0) is 19.9. The van der Waals surface area contributed by atoms with Crippen molar-refractivity contribution in [2.75, 3.05) is 0 Å². The van der Waals surface area contributed by atoms with Gasteiger partial charge in [-0.1, -0.05) is 6.07 Å². The molecule has 0 aliphatic heterocycles. The highest BCUT2D eigenvalue weighted by Crippen LogP contribution is 2.29. The van der Waals surface area contributed by atoms with Crippen LogP contribution in [0.15, 0.2) is 59.8 Å². The molecule has 1 N–H and O–H groups in total. The van der Waals surface area contributed by atoms with Crippen molar-refractivity contribution in [3.63, 3.8) is 0 Å². The molecule has 0 bridgehead atoms. The fourth-order valence-corrected chi connectivity index (χ4v) is 2.73. The Hall–Kier alpha value is -3.69. The highest BCUT2D eigenvalue weighted by atomic mass is 19.4. The van der Waals surface area contributed by atoms with Crippen LogP contribution in [0.4, 0.5) is 13.2 Å². The Balaban J connectivity index is 1.54. The van der Waals surface area contributed by atoms with Crippen molar-refractivity contribution < 1.29 is 18.0 Å². The van der Waals surface area contributed by atoms with E-state index in [1.54, 1.807) is 18.2 Å².